The summed E-state index contributed by atoms with van der Waals surface area (Å²) in [6.45, 7) is 2.75. The van der Waals surface area contributed by atoms with Gasteiger partial charge in [-0.3, -0.25) is 19.1 Å². The molecule has 1 aliphatic rings. The molecular weight excluding hydrogens is 440 g/mol. The second-order valence-electron chi connectivity index (χ2n) is 9.04. The summed E-state index contributed by atoms with van der Waals surface area (Å²) in [6, 6.07) is 22.9. The van der Waals surface area contributed by atoms with Crippen LogP contribution in [0, 0.1) is 12.8 Å². The summed E-state index contributed by atoms with van der Waals surface area (Å²) in [5, 5.41) is 4.80. The third kappa shape index (κ3) is 4.14. The van der Waals surface area contributed by atoms with Crippen LogP contribution in [0.25, 0.3) is 16.5 Å². The van der Waals surface area contributed by atoms with Gasteiger partial charge in [0.2, 0.25) is 5.91 Å². The van der Waals surface area contributed by atoms with E-state index in [-0.39, 0.29) is 29.0 Å². The number of aromatic nitrogens is 2. The molecule has 7 nitrogen and oxygen atoms in total. The summed E-state index contributed by atoms with van der Waals surface area (Å²) in [7, 11) is 1.80. The van der Waals surface area contributed by atoms with E-state index in [1.54, 1.807) is 21.3 Å². The van der Waals surface area contributed by atoms with Gasteiger partial charge in [0, 0.05) is 25.7 Å². The molecule has 0 aliphatic carbocycles. The summed E-state index contributed by atoms with van der Waals surface area (Å²) in [4.78, 5) is 41.6. The Kier molecular flexibility index (Phi) is 5.99. The van der Waals surface area contributed by atoms with Gasteiger partial charge < -0.3 is 10.2 Å². The lowest BCUT2D eigenvalue weighted by Gasteiger charge is -2.32. The van der Waals surface area contributed by atoms with Crippen LogP contribution in [0.1, 0.15) is 28.9 Å². The molecular formula is C28H28N4O3. The zero-order valence-corrected chi connectivity index (χ0v) is 19.9. The topological polar surface area (TPSA) is 76.3 Å². The Balaban J connectivity index is 1.36. The second-order valence-corrected chi connectivity index (χ2v) is 9.04. The summed E-state index contributed by atoms with van der Waals surface area (Å²) >= 11 is 0. The predicted octanol–water partition coefficient (Wildman–Crippen LogP) is 4.13. The van der Waals surface area contributed by atoms with Crippen LogP contribution < -0.4 is 10.9 Å². The van der Waals surface area contributed by atoms with Crippen molar-refractivity contribution < 1.29 is 9.59 Å². The van der Waals surface area contributed by atoms with Crippen LogP contribution >= 0.6 is 0 Å². The molecule has 178 valence electrons. The summed E-state index contributed by atoms with van der Waals surface area (Å²) in [6.07, 6.45) is 1.40. The number of nitrogens with one attached hydrogen (secondary N) is 1. The highest BCUT2D eigenvalue weighted by Crippen LogP contribution is 2.25. The number of carbonyl (C=O) groups excluding carboxylic acids is 2. The first-order chi connectivity index (χ1) is 17.0. The molecule has 1 atom stereocenters. The van der Waals surface area contributed by atoms with Crippen LogP contribution in [-0.4, -0.2) is 39.2 Å². The Hall–Kier alpha value is -4.13. The predicted molar refractivity (Wildman–Crippen MR) is 137 cm³/mol. The number of likely N-dealkylation sites (tertiary alicyclic amines) is 1. The molecule has 0 unspecified atom stereocenters. The van der Waals surface area contributed by atoms with Gasteiger partial charge >= 0.3 is 0 Å². The molecule has 1 aromatic heterocycles. The maximum Gasteiger partial charge on any atom is 0.295 e. The summed E-state index contributed by atoms with van der Waals surface area (Å²) in [5.41, 5.74) is 2.05. The lowest BCUT2D eigenvalue weighted by molar-refractivity contribution is -0.121. The van der Waals surface area contributed by atoms with Crippen LogP contribution in [0.3, 0.4) is 0 Å². The molecule has 0 spiro atoms. The van der Waals surface area contributed by atoms with Gasteiger partial charge in [0.05, 0.1) is 17.3 Å². The van der Waals surface area contributed by atoms with Crippen molar-refractivity contribution >= 4 is 28.3 Å². The van der Waals surface area contributed by atoms with Gasteiger partial charge in [0.1, 0.15) is 5.69 Å². The van der Waals surface area contributed by atoms with Crippen molar-refractivity contribution in [3.05, 3.63) is 94.4 Å². The number of fused-ring (bicyclic) bond motifs is 1. The highest BCUT2D eigenvalue weighted by molar-refractivity contribution is 6.07. The highest BCUT2D eigenvalue weighted by Gasteiger charge is 2.31. The molecule has 1 N–H and O–H groups in total. The molecule has 3 aromatic carbocycles. The lowest BCUT2D eigenvalue weighted by Crippen LogP contribution is -2.44. The Bertz CT molecular complexity index is 1460. The van der Waals surface area contributed by atoms with Crippen molar-refractivity contribution in [3.63, 3.8) is 0 Å². The number of hydrogen-bond donors (Lipinski definition) is 1. The highest BCUT2D eigenvalue weighted by atomic mass is 16.2. The van der Waals surface area contributed by atoms with Gasteiger partial charge in [0.25, 0.3) is 11.5 Å². The van der Waals surface area contributed by atoms with Crippen molar-refractivity contribution in [2.24, 2.45) is 13.0 Å². The molecule has 1 aliphatic heterocycles. The molecule has 7 heteroatoms. The first kappa shape index (κ1) is 22.7. The molecule has 2 heterocycles. The van der Waals surface area contributed by atoms with Crippen LogP contribution in [0.5, 0.6) is 0 Å². The molecule has 35 heavy (non-hydrogen) atoms. The monoisotopic (exact) mass is 468 g/mol. The van der Waals surface area contributed by atoms with E-state index in [1.807, 2.05) is 79.7 Å². The zero-order valence-electron chi connectivity index (χ0n) is 19.9. The number of benzene rings is 3. The van der Waals surface area contributed by atoms with E-state index in [2.05, 4.69) is 5.32 Å². The van der Waals surface area contributed by atoms with Crippen molar-refractivity contribution in [2.45, 2.75) is 19.8 Å². The number of amides is 2. The third-order valence-corrected chi connectivity index (χ3v) is 6.90. The Morgan fingerprint density at radius 2 is 1.66 bits per heavy atom. The fraction of sp³-hybridized carbons (Fsp3) is 0.250. The van der Waals surface area contributed by atoms with E-state index in [9.17, 15) is 14.4 Å². The maximum atomic E-state index is 13.4. The maximum absolute atomic E-state index is 13.4. The minimum absolute atomic E-state index is 0.0679. The van der Waals surface area contributed by atoms with Gasteiger partial charge in [-0.1, -0.05) is 54.6 Å². The average Bonchev–Trinajstić information content (AvgIpc) is 3.11. The van der Waals surface area contributed by atoms with E-state index in [4.69, 9.17) is 0 Å². The van der Waals surface area contributed by atoms with Crippen LogP contribution in [0.2, 0.25) is 0 Å². The van der Waals surface area contributed by atoms with E-state index < -0.39 is 0 Å². The van der Waals surface area contributed by atoms with Crippen LogP contribution in [-0.2, 0) is 11.8 Å². The van der Waals surface area contributed by atoms with Crippen molar-refractivity contribution in [1.29, 1.82) is 0 Å². The minimum Gasteiger partial charge on any atom is -0.338 e. The quantitative estimate of drug-likeness (QED) is 0.489. The molecule has 0 radical (unpaired) electrons. The number of piperidine rings is 1. The normalized spacial score (nSPS) is 15.8. The number of para-hydroxylation sites is 1. The van der Waals surface area contributed by atoms with Crippen molar-refractivity contribution in [1.82, 2.24) is 14.3 Å². The molecule has 5 rings (SSSR count). The number of hydrogen-bond acceptors (Lipinski definition) is 3. The number of nitrogens with zero attached hydrogens (tertiary/aromatic N) is 3. The largest absolute Gasteiger partial charge is 0.338 e. The molecule has 0 saturated carbocycles. The fourth-order valence-corrected chi connectivity index (χ4v) is 4.90. The Labute approximate surface area is 203 Å². The molecule has 2 amide bonds. The van der Waals surface area contributed by atoms with Gasteiger partial charge in [-0.15, -0.1) is 0 Å². The van der Waals surface area contributed by atoms with Gasteiger partial charge in [0.15, 0.2) is 0 Å². The number of rotatable bonds is 4. The van der Waals surface area contributed by atoms with E-state index in [0.29, 0.717) is 30.8 Å². The molecule has 0 bridgehead atoms. The first-order valence-electron chi connectivity index (χ1n) is 11.9. The number of carbonyl (C=O) groups is 2. The smallest absolute Gasteiger partial charge is 0.295 e. The number of anilines is 1. The van der Waals surface area contributed by atoms with Crippen molar-refractivity contribution in [3.8, 4) is 5.69 Å². The van der Waals surface area contributed by atoms with Gasteiger partial charge in [-0.2, -0.15) is 0 Å². The summed E-state index contributed by atoms with van der Waals surface area (Å²) in [5.74, 6) is -0.681. The molecule has 1 saturated heterocycles. The third-order valence-electron chi connectivity index (χ3n) is 6.90. The Morgan fingerprint density at radius 1 is 0.943 bits per heavy atom. The zero-order chi connectivity index (χ0) is 24.5. The van der Waals surface area contributed by atoms with Crippen molar-refractivity contribution in [2.75, 3.05) is 18.4 Å². The standard InChI is InChI=1S/C28H28N4O3/c1-19-25(28(35)32(30(19)2)22-13-4-3-5-14-22)29-26(33)21-12-9-17-31(18-21)27(34)24-16-8-11-20-10-6-7-15-23(20)24/h3-8,10-11,13-16,21H,9,12,17-18H2,1-2H3,(H,29,33)/t21-/m1/s1. The van der Waals surface area contributed by atoms with E-state index in [0.717, 1.165) is 22.9 Å². The van der Waals surface area contributed by atoms with Gasteiger partial charge in [-0.05, 0) is 48.7 Å². The Morgan fingerprint density at radius 3 is 2.46 bits per heavy atom. The average molecular weight is 469 g/mol. The molecule has 4 aromatic rings. The second kappa shape index (κ2) is 9.25. The minimum atomic E-state index is -0.383. The first-order valence-corrected chi connectivity index (χ1v) is 11.9. The SMILES string of the molecule is Cc1c(NC(=O)[C@@H]2CCCN(C(=O)c3cccc4ccccc34)C2)c(=O)n(-c2ccccc2)n1C. The molecule has 1 fully saturated rings. The summed E-state index contributed by atoms with van der Waals surface area (Å²) < 4.78 is 3.28. The van der Waals surface area contributed by atoms with E-state index in [1.165, 1.54) is 0 Å². The van der Waals surface area contributed by atoms with E-state index >= 15 is 0 Å². The van der Waals surface area contributed by atoms with Crippen LogP contribution in [0.15, 0.2) is 77.6 Å². The van der Waals surface area contributed by atoms with Gasteiger partial charge in [-0.25, -0.2) is 4.68 Å². The lowest BCUT2D eigenvalue weighted by atomic mass is 9.95. The van der Waals surface area contributed by atoms with Crippen LogP contribution in [0.4, 0.5) is 5.69 Å². The fourth-order valence-electron chi connectivity index (χ4n) is 4.90.